The van der Waals surface area contributed by atoms with E-state index >= 15 is 0 Å². The maximum absolute atomic E-state index is 12.5. The number of carbonyl (C=O) groups is 1. The number of rotatable bonds is 5. The van der Waals surface area contributed by atoms with Crippen LogP contribution < -0.4 is 5.32 Å². The van der Waals surface area contributed by atoms with Crippen molar-refractivity contribution in [3.63, 3.8) is 0 Å². The summed E-state index contributed by atoms with van der Waals surface area (Å²) in [4.78, 5) is 22.9. The number of hydrogen-bond acceptors (Lipinski definition) is 5. The number of urea groups is 1. The Bertz CT molecular complexity index is 903. The molecule has 0 unspecified atom stereocenters. The lowest BCUT2D eigenvalue weighted by Crippen LogP contribution is -2.46. The molecule has 4 rings (SSSR count). The van der Waals surface area contributed by atoms with Crippen molar-refractivity contribution in [2.24, 2.45) is 5.92 Å². The first-order chi connectivity index (χ1) is 13.7. The summed E-state index contributed by atoms with van der Waals surface area (Å²) in [5.41, 5.74) is 2.07. The van der Waals surface area contributed by atoms with Crippen LogP contribution in [0.3, 0.4) is 0 Å². The van der Waals surface area contributed by atoms with Gasteiger partial charge in [-0.2, -0.15) is 4.98 Å². The van der Waals surface area contributed by atoms with Gasteiger partial charge in [-0.3, -0.25) is 0 Å². The minimum atomic E-state index is -0.0922. The molecule has 1 fully saturated rings. The van der Waals surface area contributed by atoms with E-state index in [1.807, 2.05) is 48.6 Å². The Hall–Kier alpha value is -3.16. The van der Waals surface area contributed by atoms with Crippen molar-refractivity contribution < 1.29 is 9.32 Å². The summed E-state index contributed by atoms with van der Waals surface area (Å²) < 4.78 is 7.34. The van der Waals surface area contributed by atoms with Gasteiger partial charge in [-0.25, -0.2) is 9.78 Å². The van der Waals surface area contributed by atoms with Crippen molar-refractivity contribution in [1.29, 1.82) is 0 Å². The third-order valence-electron chi connectivity index (χ3n) is 5.00. The lowest BCUT2D eigenvalue weighted by molar-refractivity contribution is 0.158. The van der Waals surface area contributed by atoms with Gasteiger partial charge < -0.3 is 19.3 Å². The Kier molecular flexibility index (Phi) is 5.36. The van der Waals surface area contributed by atoms with Gasteiger partial charge in [0.1, 0.15) is 0 Å². The van der Waals surface area contributed by atoms with Crippen LogP contribution >= 0.6 is 0 Å². The molecule has 8 nitrogen and oxygen atoms in total. The number of carbonyl (C=O) groups excluding carboxylic acids is 1. The van der Waals surface area contributed by atoms with Crippen molar-refractivity contribution >= 4 is 6.03 Å². The fourth-order valence-corrected chi connectivity index (χ4v) is 3.50. The molecule has 0 radical (unpaired) electrons. The highest BCUT2D eigenvalue weighted by Crippen LogP contribution is 2.19. The first kappa shape index (κ1) is 18.2. The molecule has 146 valence electrons. The molecule has 1 saturated heterocycles. The van der Waals surface area contributed by atoms with E-state index in [0.717, 1.165) is 38.0 Å². The molecule has 0 spiro atoms. The zero-order valence-corrected chi connectivity index (χ0v) is 15.9. The summed E-state index contributed by atoms with van der Waals surface area (Å²) >= 11 is 0. The summed E-state index contributed by atoms with van der Waals surface area (Å²) in [6.07, 6.45) is 7.68. The van der Waals surface area contributed by atoms with Crippen molar-refractivity contribution in [3.05, 3.63) is 54.4 Å². The molecule has 2 amide bonds. The van der Waals surface area contributed by atoms with Crippen molar-refractivity contribution in [1.82, 2.24) is 29.9 Å². The normalized spacial score (nSPS) is 16.9. The van der Waals surface area contributed by atoms with Crippen LogP contribution in [0.2, 0.25) is 0 Å². The highest BCUT2D eigenvalue weighted by atomic mass is 16.5. The second-order valence-electron chi connectivity index (χ2n) is 7.25. The molecular formula is C20H24N6O2. The van der Waals surface area contributed by atoms with Crippen molar-refractivity contribution in [2.75, 3.05) is 13.1 Å². The molecule has 0 bridgehead atoms. The average Bonchev–Trinajstić information content (AvgIpc) is 3.39. The van der Waals surface area contributed by atoms with Gasteiger partial charge in [0.05, 0.1) is 12.9 Å². The quantitative estimate of drug-likeness (QED) is 0.735. The predicted molar refractivity (Wildman–Crippen MR) is 103 cm³/mol. The molecular weight excluding hydrogens is 356 g/mol. The number of aromatic nitrogens is 4. The summed E-state index contributed by atoms with van der Waals surface area (Å²) in [7, 11) is 0. The summed E-state index contributed by atoms with van der Waals surface area (Å²) in [6.45, 7) is 4.64. The summed E-state index contributed by atoms with van der Waals surface area (Å²) in [5.74, 6) is 1.36. The molecule has 1 aliphatic rings. The van der Waals surface area contributed by atoms with E-state index in [2.05, 4.69) is 25.0 Å². The molecule has 3 aromatic rings. The minimum Gasteiger partial charge on any atom is -0.337 e. The highest BCUT2D eigenvalue weighted by Gasteiger charge is 2.24. The highest BCUT2D eigenvalue weighted by molar-refractivity contribution is 5.74. The third kappa shape index (κ3) is 4.39. The number of benzene rings is 1. The van der Waals surface area contributed by atoms with E-state index in [0.29, 0.717) is 17.6 Å². The molecule has 1 aliphatic heterocycles. The van der Waals surface area contributed by atoms with Crippen LogP contribution in [0.5, 0.6) is 0 Å². The topological polar surface area (TPSA) is 89.1 Å². The number of nitrogens with one attached hydrogen (secondary N) is 1. The maximum Gasteiger partial charge on any atom is 0.317 e. The molecule has 1 atom stereocenters. The number of aryl methyl sites for hydroxylation is 1. The third-order valence-corrected chi connectivity index (χ3v) is 5.00. The van der Waals surface area contributed by atoms with Gasteiger partial charge in [-0.15, -0.1) is 0 Å². The molecule has 2 aromatic heterocycles. The fraction of sp³-hybridized carbons (Fsp3) is 0.400. The van der Waals surface area contributed by atoms with Crippen molar-refractivity contribution in [2.45, 2.75) is 32.9 Å². The van der Waals surface area contributed by atoms with Crippen LogP contribution in [0.1, 0.15) is 24.3 Å². The predicted octanol–water partition coefficient (Wildman–Crippen LogP) is 2.86. The van der Waals surface area contributed by atoms with Gasteiger partial charge in [-0.05, 0) is 25.7 Å². The van der Waals surface area contributed by atoms with E-state index < -0.39 is 0 Å². The van der Waals surface area contributed by atoms with E-state index in [1.54, 1.807) is 6.20 Å². The smallest absolute Gasteiger partial charge is 0.317 e. The maximum atomic E-state index is 12.5. The molecule has 28 heavy (non-hydrogen) atoms. The Morgan fingerprint density at radius 3 is 2.96 bits per heavy atom. The molecule has 1 N–H and O–H groups in total. The van der Waals surface area contributed by atoms with Crippen LogP contribution in [-0.2, 0) is 13.1 Å². The average molecular weight is 380 g/mol. The first-order valence-electron chi connectivity index (χ1n) is 9.55. The Morgan fingerprint density at radius 1 is 1.32 bits per heavy atom. The van der Waals surface area contributed by atoms with Crippen LogP contribution in [-0.4, -0.2) is 43.7 Å². The van der Waals surface area contributed by atoms with Gasteiger partial charge in [0.15, 0.2) is 0 Å². The van der Waals surface area contributed by atoms with Gasteiger partial charge in [-0.1, -0.05) is 35.0 Å². The number of likely N-dealkylation sites (tertiary alicyclic amines) is 1. The van der Waals surface area contributed by atoms with Crippen LogP contribution in [0, 0.1) is 12.8 Å². The number of hydrogen-bond donors (Lipinski definition) is 1. The lowest BCUT2D eigenvalue weighted by atomic mass is 9.98. The molecule has 0 saturated carbocycles. The largest absolute Gasteiger partial charge is 0.337 e. The molecule has 3 heterocycles. The molecule has 0 aliphatic carbocycles. The Labute approximate surface area is 163 Å². The number of imidazole rings is 1. The second-order valence-corrected chi connectivity index (χ2v) is 7.25. The number of nitrogens with zero attached hydrogens (tertiary/aromatic N) is 5. The molecule has 8 heteroatoms. The SMILES string of the molecule is Cc1ccc(-c2noc(CNC(=O)N3CCC[C@H](Cn4ccnc4)C3)n2)cc1. The number of piperidine rings is 1. The standard InChI is InChI=1S/C20H24N6O2/c1-15-4-6-17(7-5-15)19-23-18(28-24-19)11-22-20(27)26-9-2-3-16(13-26)12-25-10-8-21-14-25/h4-8,10,14,16H,2-3,9,11-13H2,1H3,(H,22,27)/t16-/m1/s1. The van der Waals surface area contributed by atoms with E-state index in [1.165, 1.54) is 5.56 Å². The summed E-state index contributed by atoms with van der Waals surface area (Å²) in [5, 5.41) is 6.89. The van der Waals surface area contributed by atoms with E-state index in [9.17, 15) is 4.79 Å². The van der Waals surface area contributed by atoms with Crippen LogP contribution in [0.15, 0.2) is 47.5 Å². The monoisotopic (exact) mass is 380 g/mol. The Balaban J connectivity index is 1.30. The molecule has 1 aromatic carbocycles. The first-order valence-corrected chi connectivity index (χ1v) is 9.55. The Morgan fingerprint density at radius 2 is 2.18 bits per heavy atom. The fourth-order valence-electron chi connectivity index (χ4n) is 3.50. The lowest BCUT2D eigenvalue weighted by Gasteiger charge is -2.32. The zero-order chi connectivity index (χ0) is 19.3. The van der Waals surface area contributed by atoms with Gasteiger partial charge in [0, 0.05) is 37.6 Å². The second kappa shape index (κ2) is 8.24. The van der Waals surface area contributed by atoms with Crippen LogP contribution in [0.4, 0.5) is 4.79 Å². The van der Waals surface area contributed by atoms with E-state index in [4.69, 9.17) is 4.52 Å². The van der Waals surface area contributed by atoms with Crippen molar-refractivity contribution in [3.8, 4) is 11.4 Å². The van der Waals surface area contributed by atoms with E-state index in [-0.39, 0.29) is 12.6 Å². The minimum absolute atomic E-state index is 0.0922. The van der Waals surface area contributed by atoms with Crippen LogP contribution in [0.25, 0.3) is 11.4 Å². The van der Waals surface area contributed by atoms with Gasteiger partial charge in [0.25, 0.3) is 0 Å². The van der Waals surface area contributed by atoms with Gasteiger partial charge >= 0.3 is 6.03 Å². The van der Waals surface area contributed by atoms with Gasteiger partial charge in [0.2, 0.25) is 11.7 Å². The summed E-state index contributed by atoms with van der Waals surface area (Å²) in [6, 6.07) is 7.83. The number of amides is 2. The zero-order valence-electron chi connectivity index (χ0n) is 15.9.